The molecular weight excluding hydrogens is 458 g/mol. The van der Waals surface area contributed by atoms with Crippen LogP contribution in [0.2, 0.25) is 0 Å². The molecule has 0 unspecified atom stereocenters. The van der Waals surface area contributed by atoms with Crippen LogP contribution in [-0.2, 0) is 0 Å². The lowest BCUT2D eigenvalue weighted by Gasteiger charge is -2.33. The summed E-state index contributed by atoms with van der Waals surface area (Å²) in [5.74, 6) is 0.833. The molecule has 4 heterocycles. The second-order valence-electron chi connectivity index (χ2n) is 9.28. The zero-order chi connectivity index (χ0) is 24.6. The maximum atomic E-state index is 4.84. The summed E-state index contributed by atoms with van der Waals surface area (Å²) in [6.07, 6.45) is 6.66. The third-order valence-electron chi connectivity index (χ3n) is 6.81. The number of imidazole rings is 1. The second kappa shape index (κ2) is 8.95. The standard InChI is InChI=1S/C30H25N7/c1-3-20(30-35-28-7-5-23(18-29(28)36-30)33-21-9-12-31-13-10-21)17-22(4-1)34-27-11-14-32-26-8-6-24(19-25(26)27)37-15-2-16-37/h1,3-14,17-19H,2,15-16H2,(H,31,33)(H,32,34)(H,35,36). The lowest BCUT2D eigenvalue weighted by molar-refractivity contribution is 0.618. The fraction of sp³-hybridized carbons (Fsp3) is 0.100. The first-order valence-corrected chi connectivity index (χ1v) is 12.5. The van der Waals surface area contributed by atoms with Gasteiger partial charge < -0.3 is 20.5 Å². The number of pyridine rings is 2. The molecule has 0 amide bonds. The Morgan fingerprint density at radius 1 is 0.730 bits per heavy atom. The SMILES string of the molecule is c1cc(Nc2ccnc3ccc(N4CCC4)cc23)cc(-c2nc3ccc(Nc4ccncc4)cc3[nH]2)c1. The van der Waals surface area contributed by atoms with E-state index in [0.29, 0.717) is 0 Å². The molecule has 0 saturated carbocycles. The quantitative estimate of drug-likeness (QED) is 0.240. The molecular formula is C30H25N7. The van der Waals surface area contributed by atoms with Crippen molar-refractivity contribution in [2.45, 2.75) is 6.42 Å². The number of anilines is 5. The molecule has 1 aliphatic rings. The first-order chi connectivity index (χ1) is 18.3. The molecule has 7 heteroatoms. The van der Waals surface area contributed by atoms with E-state index in [1.54, 1.807) is 12.4 Å². The van der Waals surface area contributed by atoms with Crippen molar-refractivity contribution in [3.05, 3.63) is 97.5 Å². The number of hydrogen-bond donors (Lipinski definition) is 3. The van der Waals surface area contributed by atoms with Gasteiger partial charge in [0.05, 0.1) is 16.6 Å². The molecule has 3 aromatic carbocycles. The summed E-state index contributed by atoms with van der Waals surface area (Å²) in [6, 6.07) is 26.9. The number of rotatable bonds is 6. The lowest BCUT2D eigenvalue weighted by atomic mass is 10.1. The van der Waals surface area contributed by atoms with Gasteiger partial charge in [-0.2, -0.15) is 0 Å². The number of aromatic amines is 1. The first-order valence-electron chi connectivity index (χ1n) is 12.5. The fourth-order valence-corrected chi connectivity index (χ4v) is 4.74. The third-order valence-corrected chi connectivity index (χ3v) is 6.81. The Kier molecular flexibility index (Phi) is 5.17. The molecule has 0 atom stereocenters. The molecule has 3 N–H and O–H groups in total. The smallest absolute Gasteiger partial charge is 0.138 e. The van der Waals surface area contributed by atoms with Crippen molar-refractivity contribution in [3.63, 3.8) is 0 Å². The van der Waals surface area contributed by atoms with Crippen molar-refractivity contribution in [1.29, 1.82) is 0 Å². The Bertz CT molecular complexity index is 1720. The number of fused-ring (bicyclic) bond motifs is 2. The van der Waals surface area contributed by atoms with Crippen LogP contribution in [0.5, 0.6) is 0 Å². The van der Waals surface area contributed by atoms with Gasteiger partial charge in [0, 0.05) is 71.1 Å². The number of hydrogen-bond acceptors (Lipinski definition) is 6. The maximum absolute atomic E-state index is 4.84. The van der Waals surface area contributed by atoms with Crippen LogP contribution in [0.3, 0.4) is 0 Å². The zero-order valence-corrected chi connectivity index (χ0v) is 20.1. The summed E-state index contributed by atoms with van der Waals surface area (Å²) in [4.78, 5) is 19.4. The van der Waals surface area contributed by atoms with Crippen LogP contribution in [0.4, 0.5) is 28.4 Å². The van der Waals surface area contributed by atoms with Gasteiger partial charge in [0.25, 0.3) is 0 Å². The van der Waals surface area contributed by atoms with Crippen LogP contribution in [0.25, 0.3) is 33.3 Å². The zero-order valence-electron chi connectivity index (χ0n) is 20.1. The van der Waals surface area contributed by atoms with E-state index < -0.39 is 0 Å². The highest BCUT2D eigenvalue weighted by molar-refractivity contribution is 5.95. The second-order valence-corrected chi connectivity index (χ2v) is 9.28. The monoisotopic (exact) mass is 483 g/mol. The van der Waals surface area contributed by atoms with Gasteiger partial charge in [0.1, 0.15) is 5.82 Å². The van der Waals surface area contributed by atoms with Crippen LogP contribution >= 0.6 is 0 Å². The predicted octanol–water partition coefficient (Wildman–Crippen LogP) is 6.87. The minimum Gasteiger partial charge on any atom is -0.371 e. The summed E-state index contributed by atoms with van der Waals surface area (Å²) >= 11 is 0. The molecule has 1 aliphatic heterocycles. The molecule has 37 heavy (non-hydrogen) atoms. The molecule has 0 aliphatic carbocycles. The normalized spacial score (nSPS) is 13.0. The highest BCUT2D eigenvalue weighted by atomic mass is 15.2. The van der Waals surface area contributed by atoms with Crippen LogP contribution < -0.4 is 15.5 Å². The summed E-state index contributed by atoms with van der Waals surface area (Å²) in [5, 5.41) is 8.14. The molecule has 1 fully saturated rings. The van der Waals surface area contributed by atoms with Gasteiger partial charge in [0.2, 0.25) is 0 Å². The minimum atomic E-state index is 0.833. The molecule has 3 aromatic heterocycles. The topological polar surface area (TPSA) is 81.8 Å². The summed E-state index contributed by atoms with van der Waals surface area (Å²) in [6.45, 7) is 2.24. The molecule has 7 rings (SSSR count). The van der Waals surface area contributed by atoms with Gasteiger partial charge in [-0.25, -0.2) is 4.98 Å². The average molecular weight is 484 g/mol. The van der Waals surface area contributed by atoms with Crippen molar-refractivity contribution < 1.29 is 0 Å². The van der Waals surface area contributed by atoms with Gasteiger partial charge in [-0.15, -0.1) is 0 Å². The number of nitrogens with one attached hydrogen (secondary N) is 3. The molecule has 180 valence electrons. The van der Waals surface area contributed by atoms with E-state index in [1.165, 1.54) is 12.1 Å². The molecule has 1 saturated heterocycles. The lowest BCUT2D eigenvalue weighted by Crippen LogP contribution is -2.36. The van der Waals surface area contributed by atoms with E-state index in [1.807, 2.05) is 36.5 Å². The van der Waals surface area contributed by atoms with Crippen LogP contribution in [0.15, 0.2) is 97.5 Å². The molecule has 7 nitrogen and oxygen atoms in total. The van der Waals surface area contributed by atoms with Crippen LogP contribution in [0.1, 0.15) is 6.42 Å². The molecule has 0 spiro atoms. The van der Waals surface area contributed by atoms with Crippen molar-refractivity contribution >= 4 is 50.4 Å². The highest BCUT2D eigenvalue weighted by Crippen LogP contribution is 2.32. The van der Waals surface area contributed by atoms with Gasteiger partial charge >= 0.3 is 0 Å². The van der Waals surface area contributed by atoms with E-state index in [4.69, 9.17) is 4.98 Å². The highest BCUT2D eigenvalue weighted by Gasteiger charge is 2.15. The van der Waals surface area contributed by atoms with Crippen LogP contribution in [-0.4, -0.2) is 33.0 Å². The number of nitrogens with zero attached hydrogens (tertiary/aromatic N) is 4. The van der Waals surface area contributed by atoms with Gasteiger partial charge in [-0.3, -0.25) is 9.97 Å². The van der Waals surface area contributed by atoms with Crippen molar-refractivity contribution in [3.8, 4) is 11.4 Å². The van der Waals surface area contributed by atoms with E-state index in [9.17, 15) is 0 Å². The van der Waals surface area contributed by atoms with E-state index in [2.05, 4.69) is 79.0 Å². The van der Waals surface area contributed by atoms with E-state index in [-0.39, 0.29) is 0 Å². The third kappa shape index (κ3) is 4.21. The average Bonchev–Trinajstić information content (AvgIpc) is 3.33. The Labute approximate surface area is 214 Å². The molecule has 0 radical (unpaired) electrons. The number of H-pyrrole nitrogens is 1. The van der Waals surface area contributed by atoms with E-state index >= 15 is 0 Å². The Hall–Kier alpha value is -4.91. The fourth-order valence-electron chi connectivity index (χ4n) is 4.74. The Morgan fingerprint density at radius 3 is 2.46 bits per heavy atom. The van der Waals surface area contributed by atoms with Gasteiger partial charge in [-0.1, -0.05) is 12.1 Å². The van der Waals surface area contributed by atoms with E-state index in [0.717, 1.165) is 69.2 Å². The molecule has 6 aromatic rings. The summed E-state index contributed by atoms with van der Waals surface area (Å²) in [7, 11) is 0. The van der Waals surface area contributed by atoms with Crippen molar-refractivity contribution in [1.82, 2.24) is 19.9 Å². The predicted molar refractivity (Wildman–Crippen MR) is 151 cm³/mol. The maximum Gasteiger partial charge on any atom is 0.138 e. The van der Waals surface area contributed by atoms with Crippen molar-refractivity contribution in [2.24, 2.45) is 0 Å². The first kappa shape index (κ1) is 21.4. The number of benzene rings is 3. The Morgan fingerprint density at radius 2 is 1.59 bits per heavy atom. The summed E-state index contributed by atoms with van der Waals surface area (Å²) < 4.78 is 0. The van der Waals surface area contributed by atoms with Gasteiger partial charge in [0.15, 0.2) is 0 Å². The minimum absolute atomic E-state index is 0.833. The Balaban J connectivity index is 1.17. The summed E-state index contributed by atoms with van der Waals surface area (Å²) in [5.41, 5.74) is 9.19. The molecule has 0 bridgehead atoms. The number of aromatic nitrogens is 4. The van der Waals surface area contributed by atoms with Crippen molar-refractivity contribution in [2.75, 3.05) is 28.6 Å². The van der Waals surface area contributed by atoms with Crippen LogP contribution in [0, 0.1) is 0 Å². The largest absolute Gasteiger partial charge is 0.371 e. The van der Waals surface area contributed by atoms with Gasteiger partial charge in [-0.05, 0) is 73.2 Å².